The molecule has 0 fully saturated rings. The summed E-state index contributed by atoms with van der Waals surface area (Å²) in [6.07, 6.45) is 1.82. The third-order valence-corrected chi connectivity index (χ3v) is 3.48. The van der Waals surface area contributed by atoms with Gasteiger partial charge in [0.25, 0.3) is 0 Å². The quantitative estimate of drug-likeness (QED) is 0.632. The zero-order valence-corrected chi connectivity index (χ0v) is 10.3. The minimum absolute atomic E-state index is 0.563. The molecule has 0 saturated carbocycles. The first-order valence-corrected chi connectivity index (χ1v) is 6.31. The molecule has 0 amide bonds. The summed E-state index contributed by atoms with van der Waals surface area (Å²) in [6, 6.07) is 18.2. The molecule has 0 spiro atoms. The molecule has 4 rings (SSSR count). The number of para-hydroxylation sites is 1. The van der Waals surface area contributed by atoms with Crippen molar-refractivity contribution in [1.29, 1.82) is 0 Å². The summed E-state index contributed by atoms with van der Waals surface area (Å²) >= 11 is 0. The Morgan fingerprint density at radius 1 is 0.789 bits per heavy atom. The Labute approximate surface area is 111 Å². The smallest absolute Gasteiger partial charge is 0.144 e. The highest BCUT2D eigenvalue weighted by molar-refractivity contribution is 5.79. The van der Waals surface area contributed by atoms with E-state index >= 15 is 0 Å². The van der Waals surface area contributed by atoms with Crippen LogP contribution in [0.3, 0.4) is 0 Å². The summed E-state index contributed by atoms with van der Waals surface area (Å²) in [4.78, 5) is 0. The molecule has 0 bridgehead atoms. The van der Waals surface area contributed by atoms with Gasteiger partial charge in [-0.1, -0.05) is 42.5 Å². The molecule has 0 saturated heterocycles. The van der Waals surface area contributed by atoms with Crippen molar-refractivity contribution in [1.82, 2.24) is 0 Å². The first-order chi connectivity index (χ1) is 9.43. The van der Waals surface area contributed by atoms with E-state index in [0.29, 0.717) is 6.61 Å². The maximum Gasteiger partial charge on any atom is 0.144 e. The van der Waals surface area contributed by atoms with Crippen LogP contribution in [-0.4, -0.2) is 0 Å². The van der Waals surface area contributed by atoms with Crippen LogP contribution < -0.4 is 4.74 Å². The molecule has 0 aliphatic carbocycles. The molecule has 2 aromatic carbocycles. The molecule has 0 atom stereocenters. The van der Waals surface area contributed by atoms with E-state index in [-0.39, 0.29) is 0 Å². The van der Waals surface area contributed by atoms with Gasteiger partial charge in [0.2, 0.25) is 0 Å². The second-order valence-corrected chi connectivity index (χ2v) is 4.61. The third-order valence-electron chi connectivity index (χ3n) is 3.48. The molecule has 0 N–H and O–H groups in total. The molecule has 1 aliphatic rings. The van der Waals surface area contributed by atoms with Crippen LogP contribution in [0.4, 0.5) is 0 Å². The Balaban J connectivity index is 1.91. The fourth-order valence-corrected chi connectivity index (χ4v) is 2.54. The molecular formula is C17H12O2. The highest BCUT2D eigenvalue weighted by Crippen LogP contribution is 2.42. The number of ether oxygens (including phenoxy) is 1. The zero-order chi connectivity index (χ0) is 12.7. The second-order valence-electron chi connectivity index (χ2n) is 4.61. The number of furan rings is 1. The van der Waals surface area contributed by atoms with Gasteiger partial charge in [0, 0.05) is 11.1 Å². The molecule has 3 aromatic rings. The van der Waals surface area contributed by atoms with Crippen molar-refractivity contribution in [3.8, 4) is 28.2 Å². The van der Waals surface area contributed by atoms with Crippen LogP contribution >= 0.6 is 0 Å². The summed E-state index contributed by atoms with van der Waals surface area (Å²) in [5.41, 5.74) is 4.44. The van der Waals surface area contributed by atoms with Crippen molar-refractivity contribution in [2.75, 3.05) is 0 Å². The first kappa shape index (κ1) is 10.4. The fraction of sp³-hybridized carbons (Fsp3) is 0.0588. The average molecular weight is 248 g/mol. The van der Waals surface area contributed by atoms with E-state index in [4.69, 9.17) is 9.15 Å². The summed E-state index contributed by atoms with van der Waals surface area (Å²) < 4.78 is 11.6. The number of fused-ring (bicyclic) bond motifs is 3. The van der Waals surface area contributed by atoms with Gasteiger partial charge in [0.15, 0.2) is 0 Å². The summed E-state index contributed by atoms with van der Waals surface area (Å²) in [5, 5.41) is 0. The van der Waals surface area contributed by atoms with E-state index in [0.717, 1.165) is 33.8 Å². The Hall–Kier alpha value is -2.48. The van der Waals surface area contributed by atoms with E-state index < -0.39 is 0 Å². The highest BCUT2D eigenvalue weighted by atomic mass is 16.5. The molecule has 2 nitrogen and oxygen atoms in total. The van der Waals surface area contributed by atoms with Gasteiger partial charge in [-0.25, -0.2) is 0 Å². The number of benzene rings is 2. The third kappa shape index (κ3) is 1.57. The van der Waals surface area contributed by atoms with Crippen LogP contribution in [0.15, 0.2) is 65.3 Å². The van der Waals surface area contributed by atoms with Crippen LogP contribution in [0.25, 0.3) is 22.5 Å². The monoisotopic (exact) mass is 248 g/mol. The topological polar surface area (TPSA) is 22.4 Å². The molecule has 19 heavy (non-hydrogen) atoms. The molecule has 0 unspecified atom stereocenters. The molecule has 2 heterocycles. The van der Waals surface area contributed by atoms with Crippen LogP contribution in [0.2, 0.25) is 0 Å². The number of hydrogen-bond donors (Lipinski definition) is 0. The van der Waals surface area contributed by atoms with Crippen LogP contribution in [-0.2, 0) is 6.61 Å². The number of rotatable bonds is 1. The summed E-state index contributed by atoms with van der Waals surface area (Å²) in [5.74, 6) is 1.82. The average Bonchev–Trinajstić information content (AvgIpc) is 2.92. The number of hydrogen-bond acceptors (Lipinski definition) is 2. The lowest BCUT2D eigenvalue weighted by atomic mass is 9.99. The molecule has 1 aromatic heterocycles. The summed E-state index contributed by atoms with van der Waals surface area (Å²) in [6.45, 7) is 0.563. The van der Waals surface area contributed by atoms with E-state index in [1.165, 1.54) is 0 Å². The van der Waals surface area contributed by atoms with Gasteiger partial charge >= 0.3 is 0 Å². The van der Waals surface area contributed by atoms with Gasteiger partial charge in [-0.2, -0.15) is 0 Å². The van der Waals surface area contributed by atoms with Crippen molar-refractivity contribution in [2.24, 2.45) is 0 Å². The van der Waals surface area contributed by atoms with Crippen LogP contribution in [0.1, 0.15) is 5.56 Å². The Morgan fingerprint density at radius 2 is 1.58 bits per heavy atom. The summed E-state index contributed by atoms with van der Waals surface area (Å²) in [7, 11) is 0. The van der Waals surface area contributed by atoms with Crippen molar-refractivity contribution >= 4 is 0 Å². The zero-order valence-electron chi connectivity index (χ0n) is 10.3. The lowest BCUT2D eigenvalue weighted by Crippen LogP contribution is -2.04. The predicted octanol–water partition coefficient (Wildman–Crippen LogP) is 4.51. The van der Waals surface area contributed by atoms with Gasteiger partial charge in [0.05, 0.1) is 11.8 Å². The van der Waals surface area contributed by atoms with Crippen LogP contribution in [0.5, 0.6) is 5.75 Å². The Kier molecular flexibility index (Phi) is 2.21. The molecule has 0 radical (unpaired) electrons. The fourth-order valence-electron chi connectivity index (χ4n) is 2.54. The van der Waals surface area contributed by atoms with E-state index in [1.807, 2.05) is 48.7 Å². The van der Waals surface area contributed by atoms with Crippen molar-refractivity contribution in [2.45, 2.75) is 6.61 Å². The minimum atomic E-state index is 0.563. The molecule has 1 aliphatic heterocycles. The predicted molar refractivity (Wildman–Crippen MR) is 73.9 cm³/mol. The lowest BCUT2D eigenvalue weighted by Gasteiger charge is -2.17. The lowest BCUT2D eigenvalue weighted by molar-refractivity contribution is 0.299. The van der Waals surface area contributed by atoms with Gasteiger partial charge in [0.1, 0.15) is 18.1 Å². The van der Waals surface area contributed by atoms with E-state index in [9.17, 15) is 0 Å². The maximum atomic E-state index is 5.81. The van der Waals surface area contributed by atoms with Gasteiger partial charge in [-0.05, 0) is 17.7 Å². The molecule has 2 heteroatoms. The molecular weight excluding hydrogens is 236 g/mol. The SMILES string of the molecule is c1ccc(-c2coc3c2COc2ccccc2-3)cc1. The largest absolute Gasteiger partial charge is 0.488 e. The van der Waals surface area contributed by atoms with Gasteiger partial charge in [-0.15, -0.1) is 0 Å². The van der Waals surface area contributed by atoms with Gasteiger partial charge < -0.3 is 9.15 Å². The normalized spacial score (nSPS) is 12.4. The Morgan fingerprint density at radius 3 is 2.47 bits per heavy atom. The standard InChI is InChI=1S/C17H12O2/c1-2-6-12(7-3-1)14-10-19-17-13-8-4-5-9-16(13)18-11-15(14)17/h1-10H,11H2. The molecule has 92 valence electrons. The first-order valence-electron chi connectivity index (χ1n) is 6.31. The Bertz CT molecular complexity index is 713. The van der Waals surface area contributed by atoms with Crippen molar-refractivity contribution in [3.05, 3.63) is 66.4 Å². The maximum absolute atomic E-state index is 5.81. The van der Waals surface area contributed by atoms with E-state index in [2.05, 4.69) is 12.1 Å². The highest BCUT2D eigenvalue weighted by Gasteiger charge is 2.23. The van der Waals surface area contributed by atoms with Gasteiger partial charge in [-0.3, -0.25) is 0 Å². The van der Waals surface area contributed by atoms with Crippen molar-refractivity contribution < 1.29 is 9.15 Å². The minimum Gasteiger partial charge on any atom is -0.488 e. The van der Waals surface area contributed by atoms with E-state index in [1.54, 1.807) is 0 Å². The van der Waals surface area contributed by atoms with Crippen molar-refractivity contribution in [3.63, 3.8) is 0 Å². The van der Waals surface area contributed by atoms with Crippen LogP contribution in [0, 0.1) is 0 Å². The second kappa shape index (κ2) is 4.02.